The monoisotopic (exact) mass is 231 g/mol. The Bertz CT molecular complexity index is 259. The van der Waals surface area contributed by atoms with E-state index in [1.54, 1.807) is 14.2 Å². The number of hydrogen-bond acceptors (Lipinski definition) is 3. The first-order valence-corrected chi connectivity index (χ1v) is 4.23. The molecule has 0 saturated heterocycles. The summed E-state index contributed by atoms with van der Waals surface area (Å²) in [7, 11) is 3.20. The fraction of sp³-hybridized carbons (Fsp3) is 0.375. The maximum atomic E-state index is 5.08. The number of aryl methyl sites for hydroxylation is 1. The van der Waals surface area contributed by atoms with Crippen molar-refractivity contribution in [1.29, 1.82) is 0 Å². The van der Waals surface area contributed by atoms with Crippen LogP contribution in [0.15, 0.2) is 10.5 Å². The SMILES string of the molecule is COc1cc(Br)c(OC)nc1C. The van der Waals surface area contributed by atoms with Gasteiger partial charge in [0.05, 0.1) is 24.4 Å². The minimum atomic E-state index is 0.577. The van der Waals surface area contributed by atoms with Gasteiger partial charge in [-0.1, -0.05) is 0 Å². The van der Waals surface area contributed by atoms with Crippen LogP contribution in [-0.2, 0) is 0 Å². The Balaban J connectivity index is 3.16. The van der Waals surface area contributed by atoms with Crippen molar-refractivity contribution in [3.05, 3.63) is 16.2 Å². The first-order chi connectivity index (χ1) is 5.69. The molecule has 0 radical (unpaired) electrons. The van der Waals surface area contributed by atoms with Crippen LogP contribution >= 0.6 is 15.9 Å². The first kappa shape index (κ1) is 9.32. The Morgan fingerprint density at radius 2 is 2.00 bits per heavy atom. The summed E-state index contributed by atoms with van der Waals surface area (Å²) in [5.41, 5.74) is 0.817. The number of nitrogens with zero attached hydrogens (tertiary/aromatic N) is 1. The van der Waals surface area contributed by atoms with Crippen molar-refractivity contribution in [2.75, 3.05) is 14.2 Å². The molecule has 0 aliphatic carbocycles. The van der Waals surface area contributed by atoms with Gasteiger partial charge in [0.1, 0.15) is 5.75 Å². The Kier molecular flexibility index (Phi) is 2.92. The molecule has 1 rings (SSSR count). The summed E-state index contributed by atoms with van der Waals surface area (Å²) in [6.45, 7) is 1.87. The van der Waals surface area contributed by atoms with Gasteiger partial charge in [-0.25, -0.2) is 4.98 Å². The summed E-state index contributed by atoms with van der Waals surface area (Å²) in [6.07, 6.45) is 0. The molecular formula is C8H10BrNO2. The second-order valence-electron chi connectivity index (χ2n) is 2.27. The molecule has 0 atom stereocenters. The lowest BCUT2D eigenvalue weighted by Crippen LogP contribution is -1.95. The van der Waals surface area contributed by atoms with E-state index in [4.69, 9.17) is 9.47 Å². The van der Waals surface area contributed by atoms with E-state index in [0.717, 1.165) is 15.9 Å². The molecule has 0 bridgehead atoms. The van der Waals surface area contributed by atoms with Crippen LogP contribution in [-0.4, -0.2) is 19.2 Å². The van der Waals surface area contributed by atoms with E-state index in [2.05, 4.69) is 20.9 Å². The van der Waals surface area contributed by atoms with Crippen LogP contribution in [0, 0.1) is 6.92 Å². The Morgan fingerprint density at radius 1 is 1.33 bits per heavy atom. The third-order valence-electron chi connectivity index (χ3n) is 1.50. The highest BCUT2D eigenvalue weighted by Crippen LogP contribution is 2.28. The van der Waals surface area contributed by atoms with Crippen molar-refractivity contribution < 1.29 is 9.47 Å². The minimum absolute atomic E-state index is 0.577. The number of aromatic nitrogens is 1. The van der Waals surface area contributed by atoms with Gasteiger partial charge in [-0.05, 0) is 22.9 Å². The quantitative estimate of drug-likeness (QED) is 0.782. The smallest absolute Gasteiger partial charge is 0.228 e. The van der Waals surface area contributed by atoms with E-state index in [1.165, 1.54) is 0 Å². The molecule has 0 fully saturated rings. The first-order valence-electron chi connectivity index (χ1n) is 3.44. The summed E-state index contributed by atoms with van der Waals surface area (Å²) in [5, 5.41) is 0. The van der Waals surface area contributed by atoms with Crippen molar-refractivity contribution in [2.24, 2.45) is 0 Å². The molecule has 1 aromatic rings. The van der Waals surface area contributed by atoms with Gasteiger partial charge in [0.2, 0.25) is 5.88 Å². The van der Waals surface area contributed by atoms with E-state index in [9.17, 15) is 0 Å². The van der Waals surface area contributed by atoms with E-state index in [-0.39, 0.29) is 0 Å². The third-order valence-corrected chi connectivity index (χ3v) is 2.07. The van der Waals surface area contributed by atoms with Crippen LogP contribution in [0.25, 0.3) is 0 Å². The summed E-state index contributed by atoms with van der Waals surface area (Å²) in [4.78, 5) is 4.17. The van der Waals surface area contributed by atoms with Crippen LogP contribution in [0.2, 0.25) is 0 Å². The maximum Gasteiger partial charge on any atom is 0.228 e. The third kappa shape index (κ3) is 1.69. The van der Waals surface area contributed by atoms with E-state index in [0.29, 0.717) is 5.88 Å². The standard InChI is InChI=1S/C8H10BrNO2/c1-5-7(11-2)4-6(9)8(10-5)12-3/h4H,1-3H3. The number of hydrogen-bond donors (Lipinski definition) is 0. The fourth-order valence-electron chi connectivity index (χ4n) is 0.892. The molecule has 1 heterocycles. The van der Waals surface area contributed by atoms with E-state index in [1.807, 2.05) is 13.0 Å². The number of ether oxygens (including phenoxy) is 2. The summed E-state index contributed by atoms with van der Waals surface area (Å²) < 4.78 is 10.9. The normalized spacial score (nSPS) is 9.67. The maximum absolute atomic E-state index is 5.08. The minimum Gasteiger partial charge on any atom is -0.495 e. The number of rotatable bonds is 2. The van der Waals surface area contributed by atoms with Gasteiger partial charge in [-0.3, -0.25) is 0 Å². The van der Waals surface area contributed by atoms with Crippen LogP contribution in [0.5, 0.6) is 11.6 Å². The molecule has 0 N–H and O–H groups in total. The zero-order chi connectivity index (χ0) is 9.14. The molecule has 0 spiro atoms. The molecule has 0 amide bonds. The van der Waals surface area contributed by atoms with Crippen molar-refractivity contribution in [3.8, 4) is 11.6 Å². The molecule has 1 aromatic heterocycles. The van der Waals surface area contributed by atoms with Crippen LogP contribution in [0.1, 0.15) is 5.69 Å². The van der Waals surface area contributed by atoms with Crippen LogP contribution in [0.3, 0.4) is 0 Å². The van der Waals surface area contributed by atoms with Gasteiger partial charge in [-0.2, -0.15) is 0 Å². The Labute approximate surface area is 79.8 Å². The lowest BCUT2D eigenvalue weighted by atomic mass is 10.3. The van der Waals surface area contributed by atoms with Crippen molar-refractivity contribution in [3.63, 3.8) is 0 Å². The Morgan fingerprint density at radius 3 is 2.50 bits per heavy atom. The zero-order valence-corrected chi connectivity index (χ0v) is 8.81. The summed E-state index contributed by atoms with van der Waals surface area (Å²) >= 11 is 3.31. The molecule has 0 aromatic carbocycles. The average Bonchev–Trinajstić information content (AvgIpc) is 2.08. The van der Waals surface area contributed by atoms with Gasteiger partial charge in [-0.15, -0.1) is 0 Å². The highest BCUT2D eigenvalue weighted by molar-refractivity contribution is 9.10. The lowest BCUT2D eigenvalue weighted by molar-refractivity contribution is 0.381. The molecular weight excluding hydrogens is 222 g/mol. The Hall–Kier alpha value is -0.770. The lowest BCUT2D eigenvalue weighted by Gasteiger charge is -2.07. The molecule has 0 unspecified atom stereocenters. The largest absolute Gasteiger partial charge is 0.495 e. The number of halogens is 1. The summed E-state index contributed by atoms with van der Waals surface area (Å²) in [6, 6.07) is 1.83. The van der Waals surface area contributed by atoms with E-state index < -0.39 is 0 Å². The molecule has 3 nitrogen and oxygen atoms in total. The van der Waals surface area contributed by atoms with Crippen LogP contribution < -0.4 is 9.47 Å². The molecule has 0 aliphatic rings. The predicted octanol–water partition coefficient (Wildman–Crippen LogP) is 2.17. The molecule has 4 heteroatoms. The predicted molar refractivity (Wildman–Crippen MR) is 49.8 cm³/mol. The molecule has 66 valence electrons. The van der Waals surface area contributed by atoms with Gasteiger partial charge in [0, 0.05) is 6.07 Å². The summed E-state index contributed by atoms with van der Waals surface area (Å²) in [5.74, 6) is 1.33. The molecule has 0 aliphatic heterocycles. The van der Waals surface area contributed by atoms with Crippen molar-refractivity contribution >= 4 is 15.9 Å². The number of methoxy groups -OCH3 is 2. The second kappa shape index (κ2) is 3.76. The fourth-order valence-corrected chi connectivity index (χ4v) is 1.35. The van der Waals surface area contributed by atoms with Crippen molar-refractivity contribution in [1.82, 2.24) is 4.98 Å². The molecule has 0 saturated carbocycles. The van der Waals surface area contributed by atoms with Gasteiger partial charge in [0.25, 0.3) is 0 Å². The highest BCUT2D eigenvalue weighted by Gasteiger charge is 2.06. The second-order valence-corrected chi connectivity index (χ2v) is 3.12. The van der Waals surface area contributed by atoms with Gasteiger partial charge in [0.15, 0.2) is 0 Å². The van der Waals surface area contributed by atoms with Crippen molar-refractivity contribution in [2.45, 2.75) is 6.92 Å². The zero-order valence-electron chi connectivity index (χ0n) is 7.22. The highest BCUT2D eigenvalue weighted by atomic mass is 79.9. The van der Waals surface area contributed by atoms with Gasteiger partial charge < -0.3 is 9.47 Å². The van der Waals surface area contributed by atoms with E-state index >= 15 is 0 Å². The van der Waals surface area contributed by atoms with Crippen LogP contribution in [0.4, 0.5) is 0 Å². The van der Waals surface area contributed by atoms with Gasteiger partial charge >= 0.3 is 0 Å². The average molecular weight is 232 g/mol. The topological polar surface area (TPSA) is 31.4 Å². The number of pyridine rings is 1. The molecule has 12 heavy (non-hydrogen) atoms.